The lowest BCUT2D eigenvalue weighted by molar-refractivity contribution is -0.133. The molecule has 0 spiro atoms. The molecule has 0 unspecified atom stereocenters. The molecule has 0 saturated carbocycles. The second-order valence-corrected chi connectivity index (χ2v) is 5.75. The number of nitrogens with one attached hydrogen (secondary N) is 1. The lowest BCUT2D eigenvalue weighted by atomic mass is 10.2. The molecule has 2 heterocycles. The molecule has 7 heteroatoms. The second-order valence-electron chi connectivity index (χ2n) is 5.75. The average molecular weight is 343 g/mol. The summed E-state index contributed by atoms with van der Waals surface area (Å²) >= 11 is 0. The number of hydrogen-bond donors (Lipinski definition) is 1. The van der Waals surface area contributed by atoms with Crippen LogP contribution >= 0.6 is 0 Å². The summed E-state index contributed by atoms with van der Waals surface area (Å²) in [6.45, 7) is 2.49. The van der Waals surface area contributed by atoms with E-state index < -0.39 is 0 Å². The zero-order valence-electron chi connectivity index (χ0n) is 13.8. The zero-order chi connectivity index (χ0) is 17.8. The highest BCUT2D eigenvalue weighted by molar-refractivity contribution is 5.95. The van der Waals surface area contributed by atoms with E-state index in [2.05, 4.69) is 10.3 Å². The Morgan fingerprint density at radius 1 is 1.40 bits per heavy atom. The van der Waals surface area contributed by atoms with E-state index in [1.54, 1.807) is 30.2 Å². The lowest BCUT2D eigenvalue weighted by Gasteiger charge is -2.20. The van der Waals surface area contributed by atoms with Crippen molar-refractivity contribution in [3.05, 3.63) is 59.2 Å². The van der Waals surface area contributed by atoms with Gasteiger partial charge in [-0.3, -0.25) is 14.6 Å². The van der Waals surface area contributed by atoms with Crippen LogP contribution in [0.4, 0.5) is 4.39 Å². The number of fused-ring (bicyclic) bond motifs is 1. The maximum atomic E-state index is 13.4. The summed E-state index contributed by atoms with van der Waals surface area (Å²) < 4.78 is 18.8. The molecule has 2 aromatic rings. The second kappa shape index (κ2) is 7.29. The Balaban J connectivity index is 1.61. The van der Waals surface area contributed by atoms with Crippen molar-refractivity contribution in [2.24, 2.45) is 0 Å². The molecule has 1 aliphatic heterocycles. The molecular formula is C18H18FN3O3. The molecule has 3 rings (SSSR count). The Morgan fingerprint density at radius 3 is 3.04 bits per heavy atom. The van der Waals surface area contributed by atoms with E-state index >= 15 is 0 Å². The molecule has 0 fully saturated rings. The average Bonchev–Trinajstić information content (AvgIpc) is 2.74. The Morgan fingerprint density at radius 2 is 2.24 bits per heavy atom. The lowest BCUT2D eigenvalue weighted by Crippen LogP contribution is -2.39. The van der Waals surface area contributed by atoms with Crippen LogP contribution in [0.2, 0.25) is 0 Å². The van der Waals surface area contributed by atoms with Crippen molar-refractivity contribution in [2.75, 3.05) is 19.7 Å². The van der Waals surface area contributed by atoms with Crippen molar-refractivity contribution in [1.82, 2.24) is 15.2 Å². The highest BCUT2D eigenvalue weighted by Crippen LogP contribution is 2.24. The van der Waals surface area contributed by atoms with Crippen molar-refractivity contribution in [2.45, 2.75) is 13.5 Å². The summed E-state index contributed by atoms with van der Waals surface area (Å²) in [5.74, 6) is -0.316. The predicted octanol–water partition coefficient (Wildman–Crippen LogP) is 1.68. The third kappa shape index (κ3) is 3.93. The third-order valence-electron chi connectivity index (χ3n) is 4.01. The molecule has 0 bridgehead atoms. The summed E-state index contributed by atoms with van der Waals surface area (Å²) in [7, 11) is 0. The Bertz CT molecular complexity index is 810. The summed E-state index contributed by atoms with van der Waals surface area (Å²) in [6, 6.07) is 7.58. The van der Waals surface area contributed by atoms with Gasteiger partial charge in [0.1, 0.15) is 11.6 Å². The predicted molar refractivity (Wildman–Crippen MR) is 88.6 cm³/mol. The van der Waals surface area contributed by atoms with Crippen LogP contribution in [0.3, 0.4) is 0 Å². The number of hydrogen-bond acceptors (Lipinski definition) is 4. The van der Waals surface area contributed by atoms with Crippen LogP contribution in [-0.4, -0.2) is 41.4 Å². The zero-order valence-corrected chi connectivity index (χ0v) is 13.8. The first kappa shape index (κ1) is 16.9. The number of halogens is 1. The Hall–Kier alpha value is -2.96. The van der Waals surface area contributed by atoms with Crippen LogP contribution in [0.15, 0.2) is 36.5 Å². The van der Waals surface area contributed by atoms with E-state index in [1.165, 1.54) is 18.2 Å². The molecule has 6 nitrogen and oxygen atoms in total. The monoisotopic (exact) mass is 343 g/mol. The maximum Gasteiger partial charge on any atom is 0.260 e. The van der Waals surface area contributed by atoms with Crippen LogP contribution in [-0.2, 0) is 11.3 Å². The maximum absolute atomic E-state index is 13.4. The van der Waals surface area contributed by atoms with Crippen molar-refractivity contribution in [1.29, 1.82) is 0 Å². The minimum absolute atomic E-state index is 0.103. The number of pyridine rings is 1. The molecule has 25 heavy (non-hydrogen) atoms. The Kier molecular flexibility index (Phi) is 4.92. The molecule has 0 saturated heterocycles. The molecule has 0 aliphatic carbocycles. The van der Waals surface area contributed by atoms with E-state index in [4.69, 9.17) is 4.74 Å². The van der Waals surface area contributed by atoms with Crippen LogP contribution in [0.5, 0.6) is 5.75 Å². The number of aryl methyl sites for hydroxylation is 1. The highest BCUT2D eigenvalue weighted by atomic mass is 19.1. The van der Waals surface area contributed by atoms with E-state index in [9.17, 15) is 14.0 Å². The largest absolute Gasteiger partial charge is 0.483 e. The number of ether oxygens (including phenoxy) is 1. The van der Waals surface area contributed by atoms with Crippen LogP contribution < -0.4 is 10.1 Å². The molecule has 1 aromatic heterocycles. The topological polar surface area (TPSA) is 71.5 Å². The number of benzene rings is 1. The van der Waals surface area contributed by atoms with Gasteiger partial charge < -0.3 is 15.0 Å². The van der Waals surface area contributed by atoms with E-state index in [-0.39, 0.29) is 37.3 Å². The van der Waals surface area contributed by atoms with Gasteiger partial charge in [-0.05, 0) is 37.3 Å². The normalized spacial score (nSPS) is 13.7. The number of carbonyl (C=O) groups is 2. The standard InChI is InChI=1S/C18H18FN3O3/c1-12-15(3-2-6-20-12)18(24)21-7-8-22-10-13-9-14(19)4-5-16(13)25-11-17(22)23/h2-6,9H,7-8,10-11H2,1H3,(H,21,24). The molecule has 1 aromatic carbocycles. The van der Waals surface area contributed by atoms with Gasteiger partial charge in [0.05, 0.1) is 5.56 Å². The minimum atomic E-state index is -0.378. The number of amides is 2. The van der Waals surface area contributed by atoms with Gasteiger partial charge in [0.15, 0.2) is 6.61 Å². The molecule has 1 aliphatic rings. The third-order valence-corrected chi connectivity index (χ3v) is 4.01. The van der Waals surface area contributed by atoms with Gasteiger partial charge in [0.2, 0.25) is 0 Å². The van der Waals surface area contributed by atoms with Crippen molar-refractivity contribution < 1.29 is 18.7 Å². The van der Waals surface area contributed by atoms with Gasteiger partial charge in [0.25, 0.3) is 11.8 Å². The van der Waals surface area contributed by atoms with Crippen LogP contribution in [0.1, 0.15) is 21.6 Å². The van der Waals surface area contributed by atoms with Crippen LogP contribution in [0.25, 0.3) is 0 Å². The van der Waals surface area contributed by atoms with Gasteiger partial charge in [-0.25, -0.2) is 4.39 Å². The fourth-order valence-corrected chi connectivity index (χ4v) is 2.66. The van der Waals surface area contributed by atoms with E-state index in [1.807, 2.05) is 0 Å². The fraction of sp³-hybridized carbons (Fsp3) is 0.278. The van der Waals surface area contributed by atoms with E-state index in [0.717, 1.165) is 0 Å². The Labute approximate surface area is 144 Å². The van der Waals surface area contributed by atoms with Gasteiger partial charge in [-0.2, -0.15) is 0 Å². The van der Waals surface area contributed by atoms with Gasteiger partial charge in [-0.15, -0.1) is 0 Å². The molecule has 2 amide bonds. The van der Waals surface area contributed by atoms with E-state index in [0.29, 0.717) is 29.1 Å². The molecule has 130 valence electrons. The number of aromatic nitrogens is 1. The van der Waals surface area contributed by atoms with Gasteiger partial charge in [-0.1, -0.05) is 0 Å². The first-order valence-corrected chi connectivity index (χ1v) is 7.93. The van der Waals surface area contributed by atoms with Crippen molar-refractivity contribution >= 4 is 11.8 Å². The first-order valence-electron chi connectivity index (χ1n) is 7.93. The number of rotatable bonds is 4. The molecule has 1 N–H and O–H groups in total. The molecule has 0 atom stereocenters. The molecule has 0 radical (unpaired) electrons. The quantitative estimate of drug-likeness (QED) is 0.917. The SMILES string of the molecule is Cc1ncccc1C(=O)NCCN1Cc2cc(F)ccc2OCC1=O. The van der Waals surface area contributed by atoms with Crippen molar-refractivity contribution in [3.8, 4) is 5.75 Å². The molecular weight excluding hydrogens is 325 g/mol. The highest BCUT2D eigenvalue weighted by Gasteiger charge is 2.22. The fourth-order valence-electron chi connectivity index (χ4n) is 2.66. The van der Waals surface area contributed by atoms with Crippen LogP contribution in [0, 0.1) is 12.7 Å². The summed E-state index contributed by atoms with van der Waals surface area (Å²) in [4.78, 5) is 29.9. The first-order chi connectivity index (χ1) is 12.0. The van der Waals surface area contributed by atoms with Crippen molar-refractivity contribution in [3.63, 3.8) is 0 Å². The minimum Gasteiger partial charge on any atom is -0.483 e. The summed E-state index contributed by atoms with van der Waals surface area (Å²) in [5, 5.41) is 2.78. The smallest absolute Gasteiger partial charge is 0.260 e. The number of nitrogens with zero attached hydrogens (tertiary/aromatic N) is 2. The van der Waals surface area contributed by atoms with Gasteiger partial charge in [0, 0.05) is 37.1 Å². The van der Waals surface area contributed by atoms with Gasteiger partial charge >= 0.3 is 0 Å². The summed E-state index contributed by atoms with van der Waals surface area (Å²) in [5.41, 5.74) is 1.75. The number of carbonyl (C=O) groups excluding carboxylic acids is 2. The summed E-state index contributed by atoms with van der Waals surface area (Å²) in [6.07, 6.45) is 1.62.